The summed E-state index contributed by atoms with van der Waals surface area (Å²) in [6.45, 7) is 4.37. The first-order chi connectivity index (χ1) is 9.49. The third-order valence-corrected chi connectivity index (χ3v) is 2.84. The fourth-order valence-corrected chi connectivity index (χ4v) is 1.68. The average Bonchev–Trinajstić information content (AvgIpc) is 2.39. The highest BCUT2D eigenvalue weighted by atomic mass is 35.5. The molecule has 0 fully saturated rings. The molecule has 0 aliphatic rings. The van der Waals surface area contributed by atoms with E-state index in [1.165, 1.54) is 0 Å². The molecule has 0 bridgehead atoms. The van der Waals surface area contributed by atoms with Crippen LogP contribution in [0.2, 0.25) is 5.02 Å². The maximum Gasteiger partial charge on any atom is 0.305 e. The first-order valence-electron chi connectivity index (χ1n) is 6.69. The van der Waals surface area contributed by atoms with Gasteiger partial charge in [-0.3, -0.25) is 9.59 Å². The van der Waals surface area contributed by atoms with Crippen LogP contribution in [-0.4, -0.2) is 18.5 Å². The quantitative estimate of drug-likeness (QED) is 0.782. The summed E-state index contributed by atoms with van der Waals surface area (Å²) in [5.74, 6) is -0.0959. The van der Waals surface area contributed by atoms with Crippen molar-refractivity contribution < 1.29 is 14.3 Å². The van der Waals surface area contributed by atoms with E-state index in [-0.39, 0.29) is 24.7 Å². The second kappa shape index (κ2) is 8.59. The largest absolute Gasteiger partial charge is 0.465 e. The van der Waals surface area contributed by atoms with Crippen molar-refractivity contribution in [3.63, 3.8) is 0 Å². The van der Waals surface area contributed by atoms with Crippen molar-refractivity contribution >= 4 is 29.2 Å². The van der Waals surface area contributed by atoms with E-state index in [1.807, 2.05) is 13.8 Å². The summed E-state index contributed by atoms with van der Waals surface area (Å²) in [5.41, 5.74) is 0.585. The smallest absolute Gasteiger partial charge is 0.305 e. The number of carbonyl (C=O) groups excluding carboxylic acids is 2. The van der Waals surface area contributed by atoms with Crippen LogP contribution in [0.15, 0.2) is 24.3 Å². The molecule has 0 unspecified atom stereocenters. The van der Waals surface area contributed by atoms with E-state index in [1.54, 1.807) is 24.3 Å². The summed E-state index contributed by atoms with van der Waals surface area (Å²) in [5, 5.41) is 3.21. The number of anilines is 1. The normalized spacial score (nSPS) is 10.4. The van der Waals surface area contributed by atoms with E-state index in [0.717, 1.165) is 0 Å². The van der Waals surface area contributed by atoms with Gasteiger partial charge in [-0.25, -0.2) is 0 Å². The van der Waals surface area contributed by atoms with Gasteiger partial charge < -0.3 is 10.1 Å². The number of hydrogen-bond acceptors (Lipinski definition) is 3. The summed E-state index contributed by atoms with van der Waals surface area (Å²) in [6.07, 6.45) is 0.984. The van der Waals surface area contributed by atoms with Crippen LogP contribution in [0.25, 0.3) is 0 Å². The third-order valence-electron chi connectivity index (χ3n) is 2.51. The molecule has 5 heteroatoms. The lowest BCUT2D eigenvalue weighted by Gasteiger charge is -2.08. The van der Waals surface area contributed by atoms with Gasteiger partial charge in [-0.2, -0.15) is 0 Å². The molecular weight excluding hydrogens is 278 g/mol. The van der Waals surface area contributed by atoms with E-state index in [0.29, 0.717) is 29.7 Å². The molecule has 0 aliphatic heterocycles. The fraction of sp³-hybridized carbons (Fsp3) is 0.467. The second-order valence-corrected chi connectivity index (χ2v) is 5.37. The number of nitrogens with one attached hydrogen (secondary N) is 1. The molecule has 0 saturated heterocycles. The first-order valence-corrected chi connectivity index (χ1v) is 7.07. The van der Waals surface area contributed by atoms with Gasteiger partial charge in [-0.1, -0.05) is 37.6 Å². The van der Waals surface area contributed by atoms with Gasteiger partial charge >= 0.3 is 5.97 Å². The Bertz CT molecular complexity index is 460. The topological polar surface area (TPSA) is 55.4 Å². The molecule has 4 nitrogen and oxygen atoms in total. The molecular formula is C15H20ClNO3. The van der Waals surface area contributed by atoms with Crippen LogP contribution in [0, 0.1) is 5.92 Å². The Balaban J connectivity index is 2.24. The van der Waals surface area contributed by atoms with Crippen LogP contribution in [0.3, 0.4) is 0 Å². The number of esters is 1. The Kier molecular flexibility index (Phi) is 7.09. The predicted octanol–water partition coefficient (Wildman–Crippen LogP) is 3.65. The summed E-state index contributed by atoms with van der Waals surface area (Å²) in [6, 6.07) is 7.03. The minimum absolute atomic E-state index is 0.158. The number of carbonyl (C=O) groups is 2. The van der Waals surface area contributed by atoms with Gasteiger partial charge in [0.1, 0.15) is 0 Å². The lowest BCUT2D eigenvalue weighted by atomic mass is 10.2. The summed E-state index contributed by atoms with van der Waals surface area (Å²) >= 11 is 5.93. The van der Waals surface area contributed by atoms with Crippen LogP contribution in [0.4, 0.5) is 5.69 Å². The highest BCUT2D eigenvalue weighted by Crippen LogP contribution is 2.20. The molecule has 20 heavy (non-hydrogen) atoms. The number of rotatable bonds is 7. The zero-order valence-electron chi connectivity index (χ0n) is 11.8. The van der Waals surface area contributed by atoms with Crippen LogP contribution >= 0.6 is 11.6 Å². The first kappa shape index (κ1) is 16.5. The molecule has 1 N–H and O–H groups in total. The van der Waals surface area contributed by atoms with E-state index in [4.69, 9.17) is 16.3 Å². The molecule has 0 heterocycles. The standard InChI is InChI=1S/C15H20ClNO3/c1-11(2)10-20-15(19)9-5-8-14(18)17-13-7-4-3-6-12(13)16/h3-4,6-7,11H,5,8-10H2,1-2H3,(H,17,18). The van der Waals surface area contributed by atoms with Crippen molar-refractivity contribution in [3.05, 3.63) is 29.3 Å². The van der Waals surface area contributed by atoms with E-state index in [9.17, 15) is 9.59 Å². The summed E-state index contributed by atoms with van der Waals surface area (Å²) in [7, 11) is 0. The van der Waals surface area contributed by atoms with E-state index >= 15 is 0 Å². The molecule has 0 saturated carbocycles. The zero-order chi connectivity index (χ0) is 15.0. The lowest BCUT2D eigenvalue weighted by Crippen LogP contribution is -2.14. The fourth-order valence-electron chi connectivity index (χ4n) is 1.50. The Morgan fingerprint density at radius 3 is 2.60 bits per heavy atom. The highest BCUT2D eigenvalue weighted by molar-refractivity contribution is 6.33. The lowest BCUT2D eigenvalue weighted by molar-refractivity contribution is -0.144. The van der Waals surface area contributed by atoms with Gasteiger partial charge in [0.05, 0.1) is 17.3 Å². The molecule has 0 aliphatic carbocycles. The van der Waals surface area contributed by atoms with Gasteiger partial charge in [0.2, 0.25) is 5.91 Å². The predicted molar refractivity (Wildman–Crippen MR) is 79.7 cm³/mol. The molecule has 1 aromatic rings. The van der Waals surface area contributed by atoms with Crippen molar-refractivity contribution in [2.24, 2.45) is 5.92 Å². The van der Waals surface area contributed by atoms with Crippen molar-refractivity contribution in [1.82, 2.24) is 0 Å². The minimum atomic E-state index is -0.260. The van der Waals surface area contributed by atoms with Crippen molar-refractivity contribution in [2.75, 3.05) is 11.9 Å². The Morgan fingerprint density at radius 1 is 1.25 bits per heavy atom. The molecule has 1 rings (SSSR count). The monoisotopic (exact) mass is 297 g/mol. The average molecular weight is 298 g/mol. The van der Waals surface area contributed by atoms with E-state index < -0.39 is 0 Å². The number of hydrogen-bond donors (Lipinski definition) is 1. The Labute approximate surface area is 124 Å². The molecule has 1 amide bonds. The van der Waals surface area contributed by atoms with E-state index in [2.05, 4.69) is 5.32 Å². The SMILES string of the molecule is CC(C)COC(=O)CCCC(=O)Nc1ccccc1Cl. The molecule has 0 spiro atoms. The molecule has 0 radical (unpaired) electrons. The van der Waals surface area contributed by atoms with Crippen LogP contribution in [0.5, 0.6) is 0 Å². The molecule has 1 aromatic carbocycles. The number of para-hydroxylation sites is 1. The number of ether oxygens (including phenoxy) is 1. The second-order valence-electron chi connectivity index (χ2n) is 4.96. The number of benzene rings is 1. The van der Waals surface area contributed by atoms with Gasteiger partial charge in [-0.05, 0) is 24.5 Å². The van der Waals surface area contributed by atoms with Crippen LogP contribution in [0.1, 0.15) is 33.1 Å². The van der Waals surface area contributed by atoms with Crippen LogP contribution in [-0.2, 0) is 14.3 Å². The Hall–Kier alpha value is -1.55. The molecule has 0 aromatic heterocycles. The van der Waals surface area contributed by atoms with Gasteiger partial charge in [0, 0.05) is 12.8 Å². The van der Waals surface area contributed by atoms with Crippen molar-refractivity contribution in [3.8, 4) is 0 Å². The van der Waals surface area contributed by atoms with Crippen molar-refractivity contribution in [1.29, 1.82) is 0 Å². The summed E-state index contributed by atoms with van der Waals surface area (Å²) in [4.78, 5) is 23.1. The van der Waals surface area contributed by atoms with Gasteiger partial charge in [-0.15, -0.1) is 0 Å². The number of amides is 1. The zero-order valence-corrected chi connectivity index (χ0v) is 12.6. The van der Waals surface area contributed by atoms with Gasteiger partial charge in [0.25, 0.3) is 0 Å². The Morgan fingerprint density at radius 2 is 1.95 bits per heavy atom. The van der Waals surface area contributed by atoms with Gasteiger partial charge in [0.15, 0.2) is 0 Å². The third kappa shape index (κ3) is 6.57. The highest BCUT2D eigenvalue weighted by Gasteiger charge is 2.08. The number of halogens is 1. The van der Waals surface area contributed by atoms with Crippen molar-refractivity contribution in [2.45, 2.75) is 33.1 Å². The maximum atomic E-state index is 11.7. The minimum Gasteiger partial charge on any atom is -0.465 e. The molecule has 110 valence electrons. The maximum absolute atomic E-state index is 11.7. The molecule has 0 atom stereocenters. The van der Waals surface area contributed by atoms with Crippen LogP contribution < -0.4 is 5.32 Å². The summed E-state index contributed by atoms with van der Waals surface area (Å²) < 4.78 is 5.03.